The Kier molecular flexibility index (Phi) is 8.51. The van der Waals surface area contributed by atoms with Crippen LogP contribution in [-0.2, 0) is 36.0 Å². The lowest BCUT2D eigenvalue weighted by atomic mass is 10.2. The number of nitrogens with zero attached hydrogens (tertiary/aromatic N) is 1. The molecular weight excluding hydrogens is 499 g/mol. The van der Waals surface area contributed by atoms with Gasteiger partial charge in [0.1, 0.15) is 15.8 Å². The maximum atomic E-state index is 13.6. The fourth-order valence-electron chi connectivity index (χ4n) is 2.30. The Morgan fingerprint density at radius 2 is 1.76 bits per heavy atom. The Morgan fingerprint density at radius 1 is 1.12 bits per heavy atom. The Morgan fingerprint density at radius 3 is 2.33 bits per heavy atom. The standard InChI is InChI=1S/C18H23FN4O7S3/c1-10(2)9-30-14-7-11(19)5-6-12(14)21-15(24)16(25)23-18-22-13(8-20-33(4,28)29)17(31-18)32(3,26)27/h5-7,10,20H,8-9H2,1-4H3,(H,21,24)(H,22,23,25). The lowest BCUT2D eigenvalue weighted by Gasteiger charge is -2.13. The number of halogens is 1. The summed E-state index contributed by atoms with van der Waals surface area (Å²) in [5.41, 5.74) is -0.0715. The molecule has 0 saturated carbocycles. The van der Waals surface area contributed by atoms with Gasteiger partial charge in [0.25, 0.3) is 0 Å². The Balaban J connectivity index is 2.18. The Hall–Kier alpha value is -2.62. The van der Waals surface area contributed by atoms with E-state index in [-0.39, 0.29) is 39.0 Å². The van der Waals surface area contributed by atoms with Crippen LogP contribution < -0.4 is 20.1 Å². The van der Waals surface area contributed by atoms with Crippen LogP contribution in [0.1, 0.15) is 19.5 Å². The summed E-state index contributed by atoms with van der Waals surface area (Å²) in [6.07, 6.45) is 1.79. The molecule has 182 valence electrons. The molecule has 0 bridgehead atoms. The zero-order chi connectivity index (χ0) is 25.0. The number of carbonyl (C=O) groups excluding carboxylic acids is 2. The molecule has 0 aliphatic rings. The number of benzene rings is 1. The van der Waals surface area contributed by atoms with E-state index in [1.165, 1.54) is 6.07 Å². The first-order valence-electron chi connectivity index (χ1n) is 9.34. The number of sulfone groups is 1. The number of carbonyl (C=O) groups is 2. The number of aromatic nitrogens is 1. The summed E-state index contributed by atoms with van der Waals surface area (Å²) < 4.78 is 67.5. The van der Waals surface area contributed by atoms with Crippen LogP contribution in [0.5, 0.6) is 5.75 Å². The van der Waals surface area contributed by atoms with Crippen LogP contribution in [0.3, 0.4) is 0 Å². The highest BCUT2D eigenvalue weighted by atomic mass is 32.2. The molecule has 1 heterocycles. The molecule has 0 aliphatic carbocycles. The lowest BCUT2D eigenvalue weighted by Crippen LogP contribution is -2.29. The van der Waals surface area contributed by atoms with Crippen LogP contribution in [0.15, 0.2) is 22.4 Å². The first kappa shape index (κ1) is 26.6. The average Bonchev–Trinajstić information content (AvgIpc) is 3.09. The number of hydrogen-bond acceptors (Lipinski definition) is 9. The van der Waals surface area contributed by atoms with Crippen molar-refractivity contribution in [3.05, 3.63) is 29.7 Å². The van der Waals surface area contributed by atoms with E-state index in [4.69, 9.17) is 4.74 Å². The minimum absolute atomic E-state index is 0.0348. The van der Waals surface area contributed by atoms with E-state index in [9.17, 15) is 30.8 Å². The van der Waals surface area contributed by atoms with Crippen molar-refractivity contribution in [3.8, 4) is 5.75 Å². The van der Waals surface area contributed by atoms with Crippen LogP contribution in [0.2, 0.25) is 0 Å². The van der Waals surface area contributed by atoms with E-state index in [0.29, 0.717) is 11.3 Å². The quantitative estimate of drug-likeness (QED) is 0.416. The summed E-state index contributed by atoms with van der Waals surface area (Å²) in [5.74, 6) is -2.75. The molecule has 0 radical (unpaired) electrons. The SMILES string of the molecule is CC(C)COc1cc(F)ccc1NC(=O)C(=O)Nc1nc(CNS(C)(=O)=O)c(S(C)(=O)=O)s1. The largest absolute Gasteiger partial charge is 0.491 e. The number of rotatable bonds is 9. The molecule has 33 heavy (non-hydrogen) atoms. The van der Waals surface area contributed by atoms with Gasteiger partial charge in [0.15, 0.2) is 15.0 Å². The molecule has 0 atom stereocenters. The van der Waals surface area contributed by atoms with Crippen molar-refractivity contribution in [3.63, 3.8) is 0 Å². The van der Waals surface area contributed by atoms with Crippen molar-refractivity contribution in [1.29, 1.82) is 0 Å². The molecule has 1 aromatic heterocycles. The Labute approximate surface area is 194 Å². The van der Waals surface area contributed by atoms with Gasteiger partial charge in [-0.2, -0.15) is 0 Å². The van der Waals surface area contributed by atoms with Crippen molar-refractivity contribution in [2.75, 3.05) is 29.8 Å². The minimum atomic E-state index is -3.79. The molecule has 3 N–H and O–H groups in total. The molecule has 0 fully saturated rings. The van der Waals surface area contributed by atoms with Gasteiger partial charge in [0.2, 0.25) is 10.0 Å². The van der Waals surface area contributed by atoms with Crippen molar-refractivity contribution < 1.29 is 35.6 Å². The van der Waals surface area contributed by atoms with Gasteiger partial charge in [-0.15, -0.1) is 0 Å². The second kappa shape index (κ2) is 10.5. The third kappa shape index (κ3) is 8.34. The molecule has 15 heteroatoms. The monoisotopic (exact) mass is 522 g/mol. The first-order valence-corrected chi connectivity index (χ1v) is 13.9. The van der Waals surface area contributed by atoms with Crippen molar-refractivity contribution >= 4 is 53.8 Å². The molecule has 2 rings (SSSR count). The van der Waals surface area contributed by atoms with Crippen LogP contribution in [-0.4, -0.2) is 52.8 Å². The molecule has 0 spiro atoms. The number of hydrogen-bond donors (Lipinski definition) is 3. The van der Waals surface area contributed by atoms with E-state index in [0.717, 1.165) is 24.6 Å². The van der Waals surface area contributed by atoms with E-state index < -0.39 is 44.0 Å². The van der Waals surface area contributed by atoms with E-state index in [1.54, 1.807) is 0 Å². The van der Waals surface area contributed by atoms with E-state index in [2.05, 4.69) is 20.3 Å². The molecule has 0 aliphatic heterocycles. The predicted octanol–water partition coefficient (Wildman–Crippen LogP) is 1.35. The highest BCUT2D eigenvalue weighted by Crippen LogP contribution is 2.29. The van der Waals surface area contributed by atoms with Gasteiger partial charge in [-0.25, -0.2) is 30.9 Å². The first-order chi connectivity index (χ1) is 15.2. The molecule has 2 aromatic rings. The summed E-state index contributed by atoms with van der Waals surface area (Å²) >= 11 is 0.565. The zero-order valence-corrected chi connectivity index (χ0v) is 20.6. The third-order valence-electron chi connectivity index (χ3n) is 3.69. The maximum Gasteiger partial charge on any atom is 0.315 e. The summed E-state index contributed by atoms with van der Waals surface area (Å²) in [6.45, 7) is 3.58. The topological polar surface area (TPSA) is 161 Å². The second-order valence-electron chi connectivity index (χ2n) is 7.37. The predicted molar refractivity (Wildman–Crippen MR) is 121 cm³/mol. The number of nitrogens with one attached hydrogen (secondary N) is 3. The lowest BCUT2D eigenvalue weighted by molar-refractivity contribution is -0.133. The molecule has 1 aromatic carbocycles. The zero-order valence-electron chi connectivity index (χ0n) is 18.1. The van der Waals surface area contributed by atoms with Gasteiger partial charge in [-0.3, -0.25) is 14.9 Å². The Bertz CT molecular complexity index is 1260. The average molecular weight is 523 g/mol. The molecule has 11 nitrogen and oxygen atoms in total. The molecule has 0 unspecified atom stereocenters. The van der Waals surface area contributed by atoms with Crippen molar-refractivity contribution in [1.82, 2.24) is 9.71 Å². The summed E-state index contributed by atoms with van der Waals surface area (Å²) in [4.78, 5) is 28.6. The van der Waals surface area contributed by atoms with Crippen LogP contribution >= 0.6 is 11.3 Å². The number of amides is 2. The summed E-state index contributed by atoms with van der Waals surface area (Å²) in [6, 6.07) is 3.38. The number of ether oxygens (including phenoxy) is 1. The van der Waals surface area contributed by atoms with Gasteiger partial charge in [-0.1, -0.05) is 25.2 Å². The number of thiazole rings is 1. The van der Waals surface area contributed by atoms with E-state index in [1.807, 2.05) is 13.8 Å². The van der Waals surface area contributed by atoms with Gasteiger partial charge < -0.3 is 10.1 Å². The number of sulfonamides is 1. The molecule has 0 saturated heterocycles. The summed E-state index contributed by atoms with van der Waals surface area (Å²) in [7, 11) is -7.42. The fourth-order valence-corrected chi connectivity index (χ4v) is 4.80. The van der Waals surface area contributed by atoms with Gasteiger partial charge >= 0.3 is 11.8 Å². The van der Waals surface area contributed by atoms with Gasteiger partial charge in [0.05, 0.1) is 30.8 Å². The fraction of sp³-hybridized carbons (Fsp3) is 0.389. The van der Waals surface area contributed by atoms with Crippen LogP contribution in [0, 0.1) is 11.7 Å². The van der Waals surface area contributed by atoms with Crippen LogP contribution in [0.4, 0.5) is 15.2 Å². The minimum Gasteiger partial charge on any atom is -0.491 e. The highest BCUT2D eigenvalue weighted by molar-refractivity contribution is 7.93. The normalized spacial score (nSPS) is 11.9. The van der Waals surface area contributed by atoms with E-state index >= 15 is 0 Å². The summed E-state index contributed by atoms with van der Waals surface area (Å²) in [5, 5.41) is 4.25. The second-order valence-corrected chi connectivity index (χ2v) is 12.4. The molecule has 2 amide bonds. The highest BCUT2D eigenvalue weighted by Gasteiger charge is 2.24. The van der Waals surface area contributed by atoms with Crippen molar-refractivity contribution in [2.45, 2.75) is 24.6 Å². The van der Waals surface area contributed by atoms with Crippen molar-refractivity contribution in [2.24, 2.45) is 5.92 Å². The third-order valence-corrected chi connectivity index (χ3v) is 7.23. The molecular formula is C18H23FN4O7S3. The van der Waals surface area contributed by atoms with Gasteiger partial charge in [-0.05, 0) is 18.1 Å². The van der Waals surface area contributed by atoms with Crippen LogP contribution in [0.25, 0.3) is 0 Å². The van der Waals surface area contributed by atoms with Gasteiger partial charge in [0, 0.05) is 12.3 Å². The number of anilines is 2. The smallest absolute Gasteiger partial charge is 0.315 e. The maximum absolute atomic E-state index is 13.6.